The molecule has 1 aromatic carbocycles. The molecule has 1 aromatic rings. The Morgan fingerprint density at radius 1 is 0.952 bits per heavy atom. The zero-order chi connectivity index (χ0) is 15.7. The van der Waals surface area contributed by atoms with Gasteiger partial charge in [0.15, 0.2) is 0 Å². The zero-order valence-corrected chi connectivity index (χ0v) is 14.3. The van der Waals surface area contributed by atoms with Crippen LogP contribution in [0.4, 0.5) is 0 Å². The van der Waals surface area contributed by atoms with Crippen LogP contribution in [-0.2, 0) is 4.74 Å². The summed E-state index contributed by atoms with van der Waals surface area (Å²) in [4.78, 5) is 0. The molecule has 2 rings (SSSR count). The molecule has 0 saturated heterocycles. The number of hydrogen-bond donors (Lipinski definition) is 1. The van der Waals surface area contributed by atoms with Crippen molar-refractivity contribution in [3.63, 3.8) is 0 Å². The first-order valence-electron chi connectivity index (χ1n) is 8.20. The molecule has 2 N–H and O–H groups in total. The average molecular weight is 289 g/mol. The highest BCUT2D eigenvalue weighted by molar-refractivity contribution is 5.28. The Morgan fingerprint density at radius 3 is 1.86 bits per heavy atom. The second-order valence-electron chi connectivity index (χ2n) is 7.73. The first-order valence-corrected chi connectivity index (χ1v) is 8.20. The minimum atomic E-state index is -0.200. The summed E-state index contributed by atoms with van der Waals surface area (Å²) in [6.07, 6.45) is 4.45. The second kappa shape index (κ2) is 6.10. The minimum Gasteiger partial charge on any atom is -0.376 e. The van der Waals surface area contributed by atoms with Gasteiger partial charge in [-0.15, -0.1) is 0 Å². The van der Waals surface area contributed by atoms with Crippen LogP contribution < -0.4 is 5.73 Å². The van der Waals surface area contributed by atoms with Crippen LogP contribution in [0.25, 0.3) is 0 Å². The molecular weight excluding hydrogens is 258 g/mol. The molecule has 0 amide bonds. The highest BCUT2D eigenvalue weighted by atomic mass is 16.5. The molecule has 0 bridgehead atoms. The third-order valence-electron chi connectivity index (χ3n) is 5.39. The van der Waals surface area contributed by atoms with Gasteiger partial charge in [-0.1, -0.05) is 52.0 Å². The van der Waals surface area contributed by atoms with Crippen molar-refractivity contribution in [2.75, 3.05) is 7.11 Å². The third kappa shape index (κ3) is 3.49. The van der Waals surface area contributed by atoms with Crippen molar-refractivity contribution in [1.29, 1.82) is 0 Å². The number of ether oxygens (including phenoxy) is 1. The normalized spacial score (nSPS) is 22.2. The molecule has 1 fully saturated rings. The molecule has 2 heteroatoms. The Hall–Kier alpha value is -0.860. The molecule has 1 unspecified atom stereocenters. The van der Waals surface area contributed by atoms with E-state index in [4.69, 9.17) is 10.5 Å². The maximum Gasteiger partial charge on any atom is 0.0870 e. The van der Waals surface area contributed by atoms with Gasteiger partial charge in [0.05, 0.1) is 11.6 Å². The largest absolute Gasteiger partial charge is 0.376 e. The van der Waals surface area contributed by atoms with Gasteiger partial charge < -0.3 is 10.5 Å². The SMILES string of the molecule is COC1(C(N)c2ccc(C(C)C)cc2)CCC(C)(C)CC1. The summed E-state index contributed by atoms with van der Waals surface area (Å²) in [5.74, 6) is 0.558. The van der Waals surface area contributed by atoms with E-state index in [1.165, 1.54) is 24.0 Å². The fraction of sp³-hybridized carbons (Fsp3) is 0.684. The van der Waals surface area contributed by atoms with Crippen LogP contribution >= 0.6 is 0 Å². The minimum absolute atomic E-state index is 0.0418. The van der Waals surface area contributed by atoms with Crippen LogP contribution in [0.3, 0.4) is 0 Å². The van der Waals surface area contributed by atoms with Gasteiger partial charge in [0.1, 0.15) is 0 Å². The number of rotatable bonds is 4. The van der Waals surface area contributed by atoms with E-state index in [2.05, 4.69) is 52.0 Å². The fourth-order valence-electron chi connectivity index (χ4n) is 3.38. The van der Waals surface area contributed by atoms with Crippen LogP contribution in [0.2, 0.25) is 0 Å². The van der Waals surface area contributed by atoms with E-state index in [-0.39, 0.29) is 11.6 Å². The van der Waals surface area contributed by atoms with Gasteiger partial charge >= 0.3 is 0 Å². The van der Waals surface area contributed by atoms with Gasteiger partial charge in [-0.2, -0.15) is 0 Å². The van der Waals surface area contributed by atoms with E-state index >= 15 is 0 Å². The lowest BCUT2D eigenvalue weighted by Crippen LogP contribution is -2.47. The summed E-state index contributed by atoms with van der Waals surface area (Å²) in [5.41, 5.74) is 9.38. The molecule has 118 valence electrons. The van der Waals surface area contributed by atoms with E-state index < -0.39 is 0 Å². The van der Waals surface area contributed by atoms with Crippen molar-refractivity contribution in [2.24, 2.45) is 11.1 Å². The van der Waals surface area contributed by atoms with E-state index in [0.29, 0.717) is 11.3 Å². The lowest BCUT2D eigenvalue weighted by Gasteiger charge is -2.46. The average Bonchev–Trinajstić information content (AvgIpc) is 2.47. The Bertz CT molecular complexity index is 451. The molecule has 0 aliphatic heterocycles. The molecule has 1 aliphatic rings. The second-order valence-corrected chi connectivity index (χ2v) is 7.73. The van der Waals surface area contributed by atoms with Crippen molar-refractivity contribution in [1.82, 2.24) is 0 Å². The van der Waals surface area contributed by atoms with Crippen molar-refractivity contribution in [3.05, 3.63) is 35.4 Å². The predicted molar refractivity (Wildman–Crippen MR) is 89.4 cm³/mol. The van der Waals surface area contributed by atoms with Crippen molar-refractivity contribution in [3.8, 4) is 0 Å². The highest BCUT2D eigenvalue weighted by Gasteiger charge is 2.43. The molecule has 1 aliphatic carbocycles. The highest BCUT2D eigenvalue weighted by Crippen LogP contribution is 2.46. The molecule has 0 spiro atoms. The number of hydrogen-bond acceptors (Lipinski definition) is 2. The van der Waals surface area contributed by atoms with Gasteiger partial charge in [0.2, 0.25) is 0 Å². The standard InChI is InChI=1S/C19H31NO/c1-14(2)15-6-8-16(9-7-15)17(20)19(21-5)12-10-18(3,4)11-13-19/h6-9,14,17H,10-13,20H2,1-5H3. The van der Waals surface area contributed by atoms with Gasteiger partial charge in [-0.25, -0.2) is 0 Å². The van der Waals surface area contributed by atoms with E-state index in [1.54, 1.807) is 0 Å². The Labute approximate surface area is 130 Å². The summed E-state index contributed by atoms with van der Waals surface area (Å²) < 4.78 is 5.94. The van der Waals surface area contributed by atoms with Crippen LogP contribution in [0.5, 0.6) is 0 Å². The first kappa shape index (κ1) is 16.5. The maximum atomic E-state index is 6.60. The molecular formula is C19H31NO. The van der Waals surface area contributed by atoms with Crippen LogP contribution in [0.1, 0.15) is 76.5 Å². The van der Waals surface area contributed by atoms with Crippen molar-refractivity contribution >= 4 is 0 Å². The Balaban J connectivity index is 2.18. The molecule has 0 aromatic heterocycles. The zero-order valence-electron chi connectivity index (χ0n) is 14.3. The lowest BCUT2D eigenvalue weighted by molar-refractivity contribution is -0.0794. The first-order chi connectivity index (χ1) is 9.80. The third-order valence-corrected chi connectivity index (χ3v) is 5.39. The number of methoxy groups -OCH3 is 1. The van der Waals surface area contributed by atoms with Crippen LogP contribution in [0, 0.1) is 5.41 Å². The lowest BCUT2D eigenvalue weighted by atomic mass is 9.67. The van der Waals surface area contributed by atoms with Gasteiger partial charge in [-0.3, -0.25) is 0 Å². The Kier molecular flexibility index (Phi) is 4.79. The van der Waals surface area contributed by atoms with E-state index in [1.807, 2.05) is 7.11 Å². The molecule has 1 atom stereocenters. The van der Waals surface area contributed by atoms with E-state index in [9.17, 15) is 0 Å². The molecule has 0 heterocycles. The summed E-state index contributed by atoms with van der Waals surface area (Å²) >= 11 is 0. The van der Waals surface area contributed by atoms with Gasteiger partial charge in [0, 0.05) is 7.11 Å². The smallest absolute Gasteiger partial charge is 0.0870 e. The monoisotopic (exact) mass is 289 g/mol. The molecule has 0 radical (unpaired) electrons. The van der Waals surface area contributed by atoms with Crippen molar-refractivity contribution < 1.29 is 4.74 Å². The summed E-state index contributed by atoms with van der Waals surface area (Å²) in [5, 5.41) is 0. The molecule has 2 nitrogen and oxygen atoms in total. The summed E-state index contributed by atoms with van der Waals surface area (Å²) in [6, 6.07) is 8.73. The van der Waals surface area contributed by atoms with Crippen molar-refractivity contribution in [2.45, 2.75) is 70.9 Å². The van der Waals surface area contributed by atoms with Crippen LogP contribution in [0.15, 0.2) is 24.3 Å². The van der Waals surface area contributed by atoms with Gasteiger partial charge in [-0.05, 0) is 48.1 Å². The number of nitrogens with two attached hydrogens (primary N) is 1. The van der Waals surface area contributed by atoms with Crippen LogP contribution in [-0.4, -0.2) is 12.7 Å². The molecule has 1 saturated carbocycles. The maximum absolute atomic E-state index is 6.60. The van der Waals surface area contributed by atoms with E-state index in [0.717, 1.165) is 12.8 Å². The topological polar surface area (TPSA) is 35.2 Å². The quantitative estimate of drug-likeness (QED) is 0.864. The molecule has 21 heavy (non-hydrogen) atoms. The number of benzene rings is 1. The Morgan fingerprint density at radius 2 is 1.43 bits per heavy atom. The fourth-order valence-corrected chi connectivity index (χ4v) is 3.38. The predicted octanol–water partition coefficient (Wildman–Crippen LogP) is 4.80. The summed E-state index contributed by atoms with van der Waals surface area (Å²) in [6.45, 7) is 9.12. The summed E-state index contributed by atoms with van der Waals surface area (Å²) in [7, 11) is 1.82. The van der Waals surface area contributed by atoms with Gasteiger partial charge in [0.25, 0.3) is 0 Å².